The molecule has 4 nitrogen and oxygen atoms in total. The van der Waals surface area contributed by atoms with Crippen LogP contribution in [0.2, 0.25) is 0 Å². The zero-order valence-electron chi connectivity index (χ0n) is 9.32. The molecule has 88 valence electrons. The molecule has 0 spiro atoms. The van der Waals surface area contributed by atoms with E-state index in [9.17, 15) is 4.79 Å². The quantitative estimate of drug-likeness (QED) is 0.689. The van der Waals surface area contributed by atoms with Gasteiger partial charge in [-0.05, 0) is 51.2 Å². The maximum atomic E-state index is 10.5. The lowest BCUT2D eigenvalue weighted by atomic mass is 9.93. The molecule has 0 aromatic heterocycles. The Kier molecular flexibility index (Phi) is 5.65. The number of nitrogens with two attached hydrogens (primary N) is 1. The van der Waals surface area contributed by atoms with Gasteiger partial charge in [-0.15, -0.1) is 0 Å². The summed E-state index contributed by atoms with van der Waals surface area (Å²) < 4.78 is 0. The molecule has 0 bridgehead atoms. The van der Waals surface area contributed by atoms with Crippen LogP contribution in [-0.2, 0) is 4.79 Å². The minimum absolute atomic E-state index is 0.315. The number of hydrogen-bond donors (Lipinski definition) is 2. The lowest BCUT2D eigenvalue weighted by molar-refractivity contribution is -0.137. The number of likely N-dealkylation sites (tertiary alicyclic amines) is 1. The van der Waals surface area contributed by atoms with Gasteiger partial charge in [-0.25, -0.2) is 0 Å². The van der Waals surface area contributed by atoms with Gasteiger partial charge in [0.15, 0.2) is 0 Å². The van der Waals surface area contributed by atoms with Crippen LogP contribution in [0.4, 0.5) is 0 Å². The number of carboxylic acid groups (broad SMARTS) is 1. The highest BCUT2D eigenvalue weighted by molar-refractivity contribution is 5.66. The molecule has 0 radical (unpaired) electrons. The van der Waals surface area contributed by atoms with Gasteiger partial charge >= 0.3 is 5.97 Å². The molecule has 0 saturated carbocycles. The van der Waals surface area contributed by atoms with E-state index in [-0.39, 0.29) is 0 Å². The summed E-state index contributed by atoms with van der Waals surface area (Å²) in [6, 6.07) is 0. The second-order valence-electron chi connectivity index (χ2n) is 4.38. The average molecular weight is 214 g/mol. The van der Waals surface area contributed by atoms with E-state index < -0.39 is 5.97 Å². The molecular weight excluding hydrogens is 192 g/mol. The smallest absolute Gasteiger partial charge is 0.303 e. The first-order valence-corrected chi connectivity index (χ1v) is 5.86. The van der Waals surface area contributed by atoms with Crippen LogP contribution in [0.5, 0.6) is 0 Å². The first kappa shape index (κ1) is 12.5. The predicted molar refractivity (Wildman–Crippen MR) is 59.7 cm³/mol. The third kappa shape index (κ3) is 5.14. The Morgan fingerprint density at radius 1 is 1.53 bits per heavy atom. The van der Waals surface area contributed by atoms with Gasteiger partial charge in [-0.2, -0.15) is 0 Å². The Morgan fingerprint density at radius 2 is 2.33 bits per heavy atom. The van der Waals surface area contributed by atoms with Crippen molar-refractivity contribution in [1.29, 1.82) is 0 Å². The zero-order chi connectivity index (χ0) is 11.1. The van der Waals surface area contributed by atoms with Gasteiger partial charge in [-0.3, -0.25) is 4.79 Å². The summed E-state index contributed by atoms with van der Waals surface area (Å²) in [5.41, 5.74) is 5.47. The molecule has 1 aliphatic heterocycles. The van der Waals surface area contributed by atoms with E-state index in [1.54, 1.807) is 0 Å². The van der Waals surface area contributed by atoms with Crippen LogP contribution in [0.3, 0.4) is 0 Å². The highest BCUT2D eigenvalue weighted by Crippen LogP contribution is 2.20. The molecule has 1 unspecified atom stereocenters. The van der Waals surface area contributed by atoms with E-state index in [0.717, 1.165) is 39.0 Å². The normalized spacial score (nSPS) is 22.9. The molecule has 15 heavy (non-hydrogen) atoms. The predicted octanol–water partition coefficient (Wildman–Crippen LogP) is 0.912. The minimum Gasteiger partial charge on any atom is -0.481 e. The Morgan fingerprint density at radius 3 is 3.00 bits per heavy atom. The molecule has 4 heteroatoms. The van der Waals surface area contributed by atoms with E-state index >= 15 is 0 Å². The van der Waals surface area contributed by atoms with Crippen molar-refractivity contribution in [3.63, 3.8) is 0 Å². The van der Waals surface area contributed by atoms with E-state index in [2.05, 4.69) is 4.90 Å². The molecule has 1 saturated heterocycles. The third-order valence-electron chi connectivity index (χ3n) is 3.05. The summed E-state index contributed by atoms with van der Waals surface area (Å²) in [7, 11) is 0. The summed E-state index contributed by atoms with van der Waals surface area (Å²) in [6.07, 6.45) is 4.58. The molecule has 1 aliphatic rings. The Labute approximate surface area is 91.4 Å². The fraction of sp³-hybridized carbons (Fsp3) is 0.909. The van der Waals surface area contributed by atoms with Crippen molar-refractivity contribution < 1.29 is 9.90 Å². The third-order valence-corrected chi connectivity index (χ3v) is 3.05. The molecule has 0 aliphatic carbocycles. The fourth-order valence-electron chi connectivity index (χ4n) is 2.23. The van der Waals surface area contributed by atoms with Crippen LogP contribution >= 0.6 is 0 Å². The van der Waals surface area contributed by atoms with Gasteiger partial charge in [0.05, 0.1) is 0 Å². The van der Waals surface area contributed by atoms with Crippen LogP contribution in [0.1, 0.15) is 32.1 Å². The molecule has 0 amide bonds. The van der Waals surface area contributed by atoms with Gasteiger partial charge in [0, 0.05) is 13.0 Å². The van der Waals surface area contributed by atoms with Crippen molar-refractivity contribution in [1.82, 2.24) is 4.90 Å². The van der Waals surface area contributed by atoms with Crippen molar-refractivity contribution in [2.45, 2.75) is 32.1 Å². The van der Waals surface area contributed by atoms with Crippen LogP contribution < -0.4 is 5.73 Å². The molecule has 0 aromatic rings. The standard InChI is InChI=1S/C11H22N2O2/c12-6-2-8-13-7-1-3-10(9-13)4-5-11(14)15/h10H,1-9,12H2,(H,14,15). The van der Waals surface area contributed by atoms with E-state index in [0.29, 0.717) is 12.3 Å². The number of hydrogen-bond acceptors (Lipinski definition) is 3. The molecule has 0 aromatic carbocycles. The fourth-order valence-corrected chi connectivity index (χ4v) is 2.23. The van der Waals surface area contributed by atoms with Crippen LogP contribution in [0.15, 0.2) is 0 Å². The second kappa shape index (κ2) is 6.80. The number of nitrogens with zero attached hydrogens (tertiary/aromatic N) is 1. The SMILES string of the molecule is NCCCN1CCCC(CCC(=O)O)C1. The Bertz CT molecular complexity index is 197. The van der Waals surface area contributed by atoms with E-state index in [1.807, 2.05) is 0 Å². The summed E-state index contributed by atoms with van der Waals surface area (Å²) in [5.74, 6) is -0.0956. The van der Waals surface area contributed by atoms with E-state index in [4.69, 9.17) is 10.8 Å². The Hall–Kier alpha value is -0.610. The highest BCUT2D eigenvalue weighted by Gasteiger charge is 2.19. The van der Waals surface area contributed by atoms with Crippen LogP contribution in [0.25, 0.3) is 0 Å². The minimum atomic E-state index is -0.672. The monoisotopic (exact) mass is 214 g/mol. The second-order valence-corrected chi connectivity index (χ2v) is 4.38. The zero-order valence-corrected chi connectivity index (χ0v) is 9.32. The topological polar surface area (TPSA) is 66.6 Å². The maximum Gasteiger partial charge on any atom is 0.303 e. The molecule has 1 fully saturated rings. The molecular formula is C11H22N2O2. The van der Waals surface area contributed by atoms with Gasteiger partial charge in [0.1, 0.15) is 0 Å². The average Bonchev–Trinajstić information content (AvgIpc) is 2.24. The van der Waals surface area contributed by atoms with Gasteiger partial charge in [0.25, 0.3) is 0 Å². The van der Waals surface area contributed by atoms with Crippen molar-refractivity contribution >= 4 is 5.97 Å². The molecule has 1 atom stereocenters. The summed E-state index contributed by atoms with van der Waals surface area (Å²) >= 11 is 0. The van der Waals surface area contributed by atoms with Crippen molar-refractivity contribution in [3.8, 4) is 0 Å². The molecule has 3 N–H and O–H groups in total. The van der Waals surface area contributed by atoms with Crippen LogP contribution in [0, 0.1) is 5.92 Å². The lowest BCUT2D eigenvalue weighted by Gasteiger charge is -2.32. The number of rotatable bonds is 6. The van der Waals surface area contributed by atoms with Gasteiger partial charge in [0.2, 0.25) is 0 Å². The van der Waals surface area contributed by atoms with E-state index in [1.165, 1.54) is 12.8 Å². The summed E-state index contributed by atoms with van der Waals surface area (Å²) in [4.78, 5) is 12.9. The van der Waals surface area contributed by atoms with Gasteiger partial charge in [-0.1, -0.05) is 0 Å². The van der Waals surface area contributed by atoms with Crippen molar-refractivity contribution in [2.24, 2.45) is 11.7 Å². The number of carboxylic acids is 1. The highest BCUT2D eigenvalue weighted by atomic mass is 16.4. The van der Waals surface area contributed by atoms with Crippen LogP contribution in [-0.4, -0.2) is 42.2 Å². The maximum absolute atomic E-state index is 10.5. The summed E-state index contributed by atoms with van der Waals surface area (Å²) in [5, 5.41) is 8.62. The number of piperidine rings is 1. The largest absolute Gasteiger partial charge is 0.481 e. The lowest BCUT2D eigenvalue weighted by Crippen LogP contribution is -2.36. The Balaban J connectivity index is 2.19. The first-order chi connectivity index (χ1) is 7.22. The molecule has 1 heterocycles. The first-order valence-electron chi connectivity index (χ1n) is 5.86. The van der Waals surface area contributed by atoms with Crippen molar-refractivity contribution in [2.75, 3.05) is 26.2 Å². The number of carbonyl (C=O) groups is 1. The summed E-state index contributed by atoms with van der Waals surface area (Å²) in [6.45, 7) is 4.03. The van der Waals surface area contributed by atoms with Gasteiger partial charge < -0.3 is 15.7 Å². The number of aliphatic carboxylic acids is 1. The molecule has 1 rings (SSSR count). The van der Waals surface area contributed by atoms with Crippen molar-refractivity contribution in [3.05, 3.63) is 0 Å².